The highest BCUT2D eigenvalue weighted by molar-refractivity contribution is 5.43. The number of benzene rings is 1. The lowest BCUT2D eigenvalue weighted by Gasteiger charge is -2.42. The van der Waals surface area contributed by atoms with E-state index < -0.39 is 0 Å². The summed E-state index contributed by atoms with van der Waals surface area (Å²) >= 11 is 0. The molecule has 0 heterocycles. The molecule has 1 unspecified atom stereocenters. The molecule has 0 radical (unpaired) electrons. The molecule has 1 nitrogen and oxygen atoms in total. The Hall–Kier alpha value is -0.820. The molecule has 0 saturated heterocycles. The Morgan fingerprint density at radius 3 is 2.24 bits per heavy atom. The summed E-state index contributed by atoms with van der Waals surface area (Å²) in [6, 6.07) is 7.25. The summed E-state index contributed by atoms with van der Waals surface area (Å²) in [6.07, 6.45) is 6.16. The minimum Gasteiger partial charge on any atom is -0.330 e. The van der Waals surface area contributed by atoms with Gasteiger partial charge in [0.05, 0.1) is 0 Å². The number of hydrogen-bond donors (Lipinski definition) is 1. The summed E-state index contributed by atoms with van der Waals surface area (Å²) < 4.78 is 0. The van der Waals surface area contributed by atoms with E-state index in [-0.39, 0.29) is 0 Å². The average molecular weight is 287 g/mol. The summed E-state index contributed by atoms with van der Waals surface area (Å²) in [5, 5.41) is 0. The van der Waals surface area contributed by atoms with Crippen LogP contribution in [-0.4, -0.2) is 6.54 Å². The molecule has 0 spiro atoms. The quantitative estimate of drug-likeness (QED) is 0.814. The molecule has 0 saturated carbocycles. The van der Waals surface area contributed by atoms with E-state index in [4.69, 9.17) is 5.73 Å². The lowest BCUT2D eigenvalue weighted by molar-refractivity contribution is 0.331. The van der Waals surface area contributed by atoms with Crippen molar-refractivity contribution < 1.29 is 0 Å². The number of rotatable bonds is 5. The standard InChI is InChI=1S/C20H33N/c1-15(10-13-21)6-7-16-8-9-17-18(14-16)20(4,5)12-11-19(17,2)3/h8-9,14-15H,6-7,10-13,21H2,1-5H3. The Balaban J connectivity index is 2.21. The molecular formula is C20H33N. The van der Waals surface area contributed by atoms with Crippen LogP contribution in [0.15, 0.2) is 18.2 Å². The predicted molar refractivity (Wildman–Crippen MR) is 92.9 cm³/mol. The van der Waals surface area contributed by atoms with Crippen LogP contribution in [0.4, 0.5) is 0 Å². The van der Waals surface area contributed by atoms with Gasteiger partial charge in [-0.3, -0.25) is 0 Å². The van der Waals surface area contributed by atoms with Gasteiger partial charge in [-0.1, -0.05) is 52.8 Å². The SMILES string of the molecule is CC(CCN)CCc1ccc2c(c1)C(C)(C)CCC2(C)C. The second-order valence-electron chi connectivity index (χ2n) is 8.37. The highest BCUT2D eigenvalue weighted by atomic mass is 14.5. The summed E-state index contributed by atoms with van der Waals surface area (Å²) in [7, 11) is 0. The van der Waals surface area contributed by atoms with Crippen molar-refractivity contribution in [1.82, 2.24) is 0 Å². The van der Waals surface area contributed by atoms with Gasteiger partial charge in [0, 0.05) is 0 Å². The van der Waals surface area contributed by atoms with Gasteiger partial charge in [-0.25, -0.2) is 0 Å². The highest BCUT2D eigenvalue weighted by Crippen LogP contribution is 2.45. The average Bonchev–Trinajstić information content (AvgIpc) is 2.42. The Bertz CT molecular complexity index is 485. The van der Waals surface area contributed by atoms with E-state index in [9.17, 15) is 0 Å². The summed E-state index contributed by atoms with van der Waals surface area (Å²) in [4.78, 5) is 0. The molecule has 0 amide bonds. The minimum absolute atomic E-state index is 0.323. The Morgan fingerprint density at radius 1 is 1.00 bits per heavy atom. The van der Waals surface area contributed by atoms with E-state index in [1.165, 1.54) is 31.2 Å². The molecule has 2 rings (SSSR count). The molecule has 2 N–H and O–H groups in total. The first-order valence-corrected chi connectivity index (χ1v) is 8.60. The van der Waals surface area contributed by atoms with E-state index in [1.54, 1.807) is 11.1 Å². The van der Waals surface area contributed by atoms with Gasteiger partial charge in [-0.15, -0.1) is 0 Å². The van der Waals surface area contributed by atoms with Crippen molar-refractivity contribution in [2.75, 3.05) is 6.54 Å². The molecule has 1 heteroatoms. The first-order valence-electron chi connectivity index (χ1n) is 8.60. The van der Waals surface area contributed by atoms with Crippen molar-refractivity contribution in [3.63, 3.8) is 0 Å². The monoisotopic (exact) mass is 287 g/mol. The Kier molecular flexibility index (Phi) is 4.82. The number of hydrogen-bond acceptors (Lipinski definition) is 1. The first-order chi connectivity index (χ1) is 9.76. The van der Waals surface area contributed by atoms with Crippen LogP contribution in [0.5, 0.6) is 0 Å². The van der Waals surface area contributed by atoms with Crippen molar-refractivity contribution in [2.45, 2.75) is 77.6 Å². The maximum Gasteiger partial charge on any atom is -0.00747 e. The van der Waals surface area contributed by atoms with Crippen LogP contribution >= 0.6 is 0 Å². The zero-order valence-corrected chi connectivity index (χ0v) is 14.6. The Labute approximate surface area is 131 Å². The maximum atomic E-state index is 5.65. The van der Waals surface area contributed by atoms with Gasteiger partial charge in [0.25, 0.3) is 0 Å². The van der Waals surface area contributed by atoms with E-state index in [2.05, 4.69) is 52.8 Å². The van der Waals surface area contributed by atoms with Gasteiger partial charge in [0.1, 0.15) is 0 Å². The lowest BCUT2D eigenvalue weighted by atomic mass is 9.63. The zero-order valence-electron chi connectivity index (χ0n) is 14.6. The summed E-state index contributed by atoms with van der Waals surface area (Å²) in [5.74, 6) is 0.732. The second-order valence-corrected chi connectivity index (χ2v) is 8.37. The molecule has 0 bridgehead atoms. The van der Waals surface area contributed by atoms with Crippen molar-refractivity contribution in [3.8, 4) is 0 Å². The van der Waals surface area contributed by atoms with Crippen molar-refractivity contribution in [3.05, 3.63) is 34.9 Å². The van der Waals surface area contributed by atoms with Crippen LogP contribution in [0.3, 0.4) is 0 Å². The number of aryl methyl sites for hydroxylation is 1. The normalized spacial score (nSPS) is 20.9. The van der Waals surface area contributed by atoms with Gasteiger partial charge in [0.15, 0.2) is 0 Å². The smallest absolute Gasteiger partial charge is 0.00747 e. The van der Waals surface area contributed by atoms with E-state index in [1.807, 2.05) is 0 Å². The number of nitrogens with two attached hydrogens (primary N) is 1. The largest absolute Gasteiger partial charge is 0.330 e. The molecular weight excluding hydrogens is 254 g/mol. The van der Waals surface area contributed by atoms with E-state index >= 15 is 0 Å². The van der Waals surface area contributed by atoms with E-state index in [0.717, 1.165) is 18.9 Å². The van der Waals surface area contributed by atoms with Crippen LogP contribution in [-0.2, 0) is 17.3 Å². The number of fused-ring (bicyclic) bond motifs is 1. The molecule has 0 aromatic heterocycles. The summed E-state index contributed by atoms with van der Waals surface area (Å²) in [6.45, 7) is 12.7. The molecule has 1 aliphatic rings. The third-order valence-corrected chi connectivity index (χ3v) is 5.50. The van der Waals surface area contributed by atoms with Gasteiger partial charge < -0.3 is 5.73 Å². The van der Waals surface area contributed by atoms with E-state index in [0.29, 0.717) is 10.8 Å². The van der Waals surface area contributed by atoms with Crippen LogP contribution in [0.25, 0.3) is 0 Å². The van der Waals surface area contributed by atoms with Gasteiger partial charge in [0.2, 0.25) is 0 Å². The van der Waals surface area contributed by atoms with Crippen LogP contribution in [0.1, 0.15) is 77.0 Å². The molecule has 0 aliphatic heterocycles. The molecule has 1 atom stereocenters. The van der Waals surface area contributed by atoms with Crippen molar-refractivity contribution in [1.29, 1.82) is 0 Å². The third kappa shape index (κ3) is 3.69. The molecule has 21 heavy (non-hydrogen) atoms. The lowest BCUT2D eigenvalue weighted by Crippen LogP contribution is -2.33. The second kappa shape index (κ2) is 6.12. The summed E-state index contributed by atoms with van der Waals surface area (Å²) in [5.41, 5.74) is 11.0. The first kappa shape index (κ1) is 16.5. The fourth-order valence-electron chi connectivity index (χ4n) is 3.63. The molecule has 1 aromatic rings. The van der Waals surface area contributed by atoms with Crippen LogP contribution < -0.4 is 5.73 Å². The minimum atomic E-state index is 0.323. The fourth-order valence-corrected chi connectivity index (χ4v) is 3.63. The van der Waals surface area contributed by atoms with Crippen LogP contribution in [0.2, 0.25) is 0 Å². The fraction of sp³-hybridized carbons (Fsp3) is 0.700. The van der Waals surface area contributed by atoms with Crippen LogP contribution in [0, 0.1) is 5.92 Å². The van der Waals surface area contributed by atoms with Gasteiger partial charge in [-0.05, 0) is 72.1 Å². The molecule has 1 aromatic carbocycles. The molecule has 1 aliphatic carbocycles. The maximum absolute atomic E-state index is 5.65. The molecule has 118 valence electrons. The predicted octanol–water partition coefficient (Wildman–Crippen LogP) is 4.95. The highest BCUT2D eigenvalue weighted by Gasteiger charge is 2.36. The van der Waals surface area contributed by atoms with Crippen molar-refractivity contribution >= 4 is 0 Å². The van der Waals surface area contributed by atoms with Gasteiger partial charge in [-0.2, -0.15) is 0 Å². The van der Waals surface area contributed by atoms with Gasteiger partial charge >= 0.3 is 0 Å². The zero-order chi connectivity index (χ0) is 15.7. The third-order valence-electron chi connectivity index (χ3n) is 5.50. The van der Waals surface area contributed by atoms with Crippen molar-refractivity contribution in [2.24, 2.45) is 11.7 Å². The topological polar surface area (TPSA) is 26.0 Å². The Morgan fingerprint density at radius 2 is 1.62 bits per heavy atom. The molecule has 0 fully saturated rings.